The lowest BCUT2D eigenvalue weighted by Gasteiger charge is -2.14. The smallest absolute Gasteiger partial charge is 0.118 e. The van der Waals surface area contributed by atoms with E-state index in [0.29, 0.717) is 0 Å². The van der Waals surface area contributed by atoms with E-state index in [4.69, 9.17) is 4.42 Å². The zero-order valence-electron chi connectivity index (χ0n) is 11.6. The van der Waals surface area contributed by atoms with Crippen molar-refractivity contribution in [1.29, 1.82) is 0 Å². The van der Waals surface area contributed by atoms with Gasteiger partial charge in [0.05, 0.1) is 18.5 Å². The predicted octanol–water partition coefficient (Wildman–Crippen LogP) is 2.42. The van der Waals surface area contributed by atoms with Gasteiger partial charge in [-0.3, -0.25) is 9.88 Å². The summed E-state index contributed by atoms with van der Waals surface area (Å²) in [5.74, 6) is 0.992. The Morgan fingerprint density at radius 2 is 2.21 bits per heavy atom. The fraction of sp³-hybridized carbons (Fsp3) is 0.400. The Morgan fingerprint density at radius 1 is 1.32 bits per heavy atom. The highest BCUT2D eigenvalue weighted by atomic mass is 16.3. The molecule has 2 heterocycles. The van der Waals surface area contributed by atoms with Gasteiger partial charge < -0.3 is 9.73 Å². The second-order valence-electron chi connectivity index (χ2n) is 4.69. The highest BCUT2D eigenvalue weighted by Crippen LogP contribution is 2.11. The third-order valence-electron chi connectivity index (χ3n) is 2.87. The van der Waals surface area contributed by atoms with E-state index in [9.17, 15) is 0 Å². The van der Waals surface area contributed by atoms with Crippen molar-refractivity contribution in [1.82, 2.24) is 15.2 Å². The first kappa shape index (κ1) is 13.8. The first-order valence-corrected chi connectivity index (χ1v) is 6.63. The molecule has 0 fully saturated rings. The van der Waals surface area contributed by atoms with Crippen LogP contribution in [0.5, 0.6) is 0 Å². The lowest BCUT2D eigenvalue weighted by Crippen LogP contribution is -2.17. The van der Waals surface area contributed by atoms with Crippen LogP contribution in [0.1, 0.15) is 23.9 Å². The van der Waals surface area contributed by atoms with Gasteiger partial charge in [0, 0.05) is 24.8 Å². The summed E-state index contributed by atoms with van der Waals surface area (Å²) in [4.78, 5) is 6.52. The number of aromatic nitrogens is 1. The van der Waals surface area contributed by atoms with E-state index >= 15 is 0 Å². The highest BCUT2D eigenvalue weighted by Gasteiger charge is 2.06. The molecular formula is C15H21N3O. The molecule has 4 nitrogen and oxygen atoms in total. The minimum Gasteiger partial charge on any atom is -0.468 e. The lowest BCUT2D eigenvalue weighted by atomic mass is 10.3. The van der Waals surface area contributed by atoms with E-state index in [-0.39, 0.29) is 0 Å². The van der Waals surface area contributed by atoms with Crippen molar-refractivity contribution in [3.8, 4) is 0 Å². The Hall–Kier alpha value is -1.65. The zero-order chi connectivity index (χ0) is 13.5. The molecule has 0 spiro atoms. The van der Waals surface area contributed by atoms with Crippen molar-refractivity contribution >= 4 is 0 Å². The third-order valence-corrected chi connectivity index (χ3v) is 2.87. The van der Waals surface area contributed by atoms with Crippen LogP contribution in [0, 0.1) is 0 Å². The molecule has 0 aliphatic heterocycles. The molecule has 0 saturated carbocycles. The Bertz CT molecular complexity index is 481. The fourth-order valence-corrected chi connectivity index (χ4v) is 1.96. The Labute approximate surface area is 114 Å². The quantitative estimate of drug-likeness (QED) is 0.829. The van der Waals surface area contributed by atoms with Crippen LogP contribution in [0.3, 0.4) is 0 Å². The van der Waals surface area contributed by atoms with Crippen LogP contribution in [0.25, 0.3) is 0 Å². The number of furan rings is 1. The molecule has 0 atom stereocenters. The molecule has 102 valence electrons. The molecule has 0 aliphatic rings. The van der Waals surface area contributed by atoms with Crippen molar-refractivity contribution in [3.63, 3.8) is 0 Å². The SMILES string of the molecule is CCNCc1coc(CN(C)Cc2ccccn2)c1. The van der Waals surface area contributed by atoms with Crippen molar-refractivity contribution in [2.45, 2.75) is 26.6 Å². The lowest BCUT2D eigenvalue weighted by molar-refractivity contribution is 0.285. The van der Waals surface area contributed by atoms with Gasteiger partial charge in [-0.2, -0.15) is 0 Å². The molecule has 0 aromatic carbocycles. The first-order valence-electron chi connectivity index (χ1n) is 6.63. The minimum atomic E-state index is 0.794. The van der Waals surface area contributed by atoms with Gasteiger partial charge in [0.1, 0.15) is 5.76 Å². The maximum absolute atomic E-state index is 5.57. The molecule has 0 radical (unpaired) electrons. The van der Waals surface area contributed by atoms with Gasteiger partial charge in [0.25, 0.3) is 0 Å². The van der Waals surface area contributed by atoms with Gasteiger partial charge in [-0.25, -0.2) is 0 Å². The maximum atomic E-state index is 5.57. The highest BCUT2D eigenvalue weighted by molar-refractivity contribution is 5.12. The van der Waals surface area contributed by atoms with E-state index in [1.165, 1.54) is 5.56 Å². The summed E-state index contributed by atoms with van der Waals surface area (Å²) in [7, 11) is 2.07. The van der Waals surface area contributed by atoms with Crippen molar-refractivity contribution in [3.05, 3.63) is 53.7 Å². The number of hydrogen-bond donors (Lipinski definition) is 1. The second kappa shape index (κ2) is 7.07. The van der Waals surface area contributed by atoms with Crippen molar-refractivity contribution < 1.29 is 4.42 Å². The predicted molar refractivity (Wildman–Crippen MR) is 75.5 cm³/mol. The van der Waals surface area contributed by atoms with Crippen LogP contribution in [0.15, 0.2) is 41.1 Å². The number of pyridine rings is 1. The van der Waals surface area contributed by atoms with Crippen LogP contribution in [0.4, 0.5) is 0 Å². The third kappa shape index (κ3) is 4.50. The molecule has 2 aromatic rings. The minimum absolute atomic E-state index is 0.794. The van der Waals surface area contributed by atoms with Gasteiger partial charge in [0.2, 0.25) is 0 Å². The summed E-state index contributed by atoms with van der Waals surface area (Å²) in [5.41, 5.74) is 2.27. The van der Waals surface area contributed by atoms with Gasteiger partial charge in [0.15, 0.2) is 0 Å². The van der Waals surface area contributed by atoms with E-state index in [0.717, 1.165) is 37.6 Å². The Kier molecular flexibility index (Phi) is 5.12. The first-order chi connectivity index (χ1) is 9.28. The summed E-state index contributed by atoms with van der Waals surface area (Å²) in [6, 6.07) is 8.09. The molecule has 0 saturated heterocycles. The normalized spacial score (nSPS) is 11.1. The largest absolute Gasteiger partial charge is 0.468 e. The monoisotopic (exact) mass is 259 g/mol. The van der Waals surface area contributed by atoms with Crippen LogP contribution < -0.4 is 5.32 Å². The standard InChI is InChI=1S/C15H21N3O/c1-3-16-9-13-8-15(19-12-13)11-18(2)10-14-6-4-5-7-17-14/h4-8,12,16H,3,9-11H2,1-2H3. The molecule has 2 aromatic heterocycles. The molecule has 0 unspecified atom stereocenters. The van der Waals surface area contributed by atoms with E-state index in [1.54, 1.807) is 0 Å². The zero-order valence-corrected chi connectivity index (χ0v) is 11.6. The van der Waals surface area contributed by atoms with Gasteiger partial charge in [-0.15, -0.1) is 0 Å². The molecule has 0 aliphatic carbocycles. The van der Waals surface area contributed by atoms with Crippen LogP contribution in [-0.4, -0.2) is 23.5 Å². The van der Waals surface area contributed by atoms with Gasteiger partial charge in [-0.1, -0.05) is 13.0 Å². The number of nitrogens with one attached hydrogen (secondary N) is 1. The Balaban J connectivity index is 1.85. The molecule has 0 bridgehead atoms. The number of hydrogen-bond acceptors (Lipinski definition) is 4. The summed E-state index contributed by atoms with van der Waals surface area (Å²) in [5, 5.41) is 3.29. The van der Waals surface area contributed by atoms with Crippen molar-refractivity contribution in [2.75, 3.05) is 13.6 Å². The summed E-state index contributed by atoms with van der Waals surface area (Å²) in [6.07, 6.45) is 3.65. The van der Waals surface area contributed by atoms with Crippen molar-refractivity contribution in [2.24, 2.45) is 0 Å². The molecule has 0 amide bonds. The molecule has 2 rings (SSSR count). The van der Waals surface area contributed by atoms with Gasteiger partial charge in [-0.05, 0) is 31.8 Å². The maximum Gasteiger partial charge on any atom is 0.118 e. The molecule has 4 heteroatoms. The van der Waals surface area contributed by atoms with Crippen LogP contribution >= 0.6 is 0 Å². The number of nitrogens with zero attached hydrogens (tertiary/aromatic N) is 2. The summed E-state index contributed by atoms with van der Waals surface area (Å²) < 4.78 is 5.57. The summed E-state index contributed by atoms with van der Waals surface area (Å²) in [6.45, 7) is 5.55. The summed E-state index contributed by atoms with van der Waals surface area (Å²) >= 11 is 0. The van der Waals surface area contributed by atoms with Crippen LogP contribution in [0.2, 0.25) is 0 Å². The molecule has 1 N–H and O–H groups in total. The fourth-order valence-electron chi connectivity index (χ4n) is 1.96. The van der Waals surface area contributed by atoms with Crippen LogP contribution in [-0.2, 0) is 19.6 Å². The molecule has 19 heavy (non-hydrogen) atoms. The average Bonchev–Trinajstić information content (AvgIpc) is 2.85. The molecular weight excluding hydrogens is 238 g/mol. The second-order valence-corrected chi connectivity index (χ2v) is 4.69. The van der Waals surface area contributed by atoms with E-state index in [1.807, 2.05) is 30.7 Å². The topological polar surface area (TPSA) is 41.3 Å². The Morgan fingerprint density at radius 3 is 2.95 bits per heavy atom. The van der Waals surface area contributed by atoms with E-state index in [2.05, 4.69) is 35.2 Å². The number of rotatable bonds is 7. The van der Waals surface area contributed by atoms with E-state index < -0.39 is 0 Å². The average molecular weight is 259 g/mol. The van der Waals surface area contributed by atoms with Gasteiger partial charge >= 0.3 is 0 Å².